The maximum Gasteiger partial charge on any atom is 0.238 e. The highest BCUT2D eigenvalue weighted by Crippen LogP contribution is 2.12. The van der Waals surface area contributed by atoms with Crippen LogP contribution >= 0.6 is 0 Å². The molecular formula is C10H22N2O3. The molecule has 5 heteroatoms. The average molecular weight is 218 g/mol. The van der Waals surface area contributed by atoms with E-state index in [2.05, 4.69) is 5.32 Å². The summed E-state index contributed by atoms with van der Waals surface area (Å²) in [4.78, 5) is 13.0. The zero-order chi connectivity index (χ0) is 12.1. The number of rotatable bonds is 6. The molecule has 0 aromatic rings. The number of carbonyl (C=O) groups is 1. The van der Waals surface area contributed by atoms with Crippen LogP contribution in [0.3, 0.4) is 0 Å². The molecule has 1 atom stereocenters. The molecular weight excluding hydrogens is 196 g/mol. The Balaban J connectivity index is 4.10. The molecule has 0 aliphatic carbocycles. The Morgan fingerprint density at radius 2 is 1.87 bits per heavy atom. The van der Waals surface area contributed by atoms with Crippen molar-refractivity contribution in [1.82, 2.24) is 10.2 Å². The molecule has 1 amide bonds. The highest BCUT2D eigenvalue weighted by atomic mass is 16.3. The molecule has 0 heterocycles. The SMILES string of the molecule is CC(NCC(C)(CO)CO)C(=O)N(C)C. The molecule has 1 unspecified atom stereocenters. The summed E-state index contributed by atoms with van der Waals surface area (Å²) in [7, 11) is 3.38. The van der Waals surface area contributed by atoms with Gasteiger partial charge in [0.25, 0.3) is 0 Å². The van der Waals surface area contributed by atoms with Gasteiger partial charge in [0.1, 0.15) is 0 Å². The van der Waals surface area contributed by atoms with Crippen molar-refractivity contribution < 1.29 is 15.0 Å². The number of aliphatic hydroxyl groups excluding tert-OH is 2. The predicted octanol–water partition coefficient (Wildman–Crippen LogP) is -0.956. The van der Waals surface area contributed by atoms with Gasteiger partial charge in [-0.25, -0.2) is 0 Å². The third-order valence-corrected chi connectivity index (χ3v) is 2.41. The third-order valence-electron chi connectivity index (χ3n) is 2.41. The zero-order valence-electron chi connectivity index (χ0n) is 9.95. The lowest BCUT2D eigenvalue weighted by molar-refractivity contribution is -0.130. The van der Waals surface area contributed by atoms with E-state index in [0.29, 0.717) is 6.54 Å². The summed E-state index contributed by atoms with van der Waals surface area (Å²) in [6, 6.07) is -0.308. The van der Waals surface area contributed by atoms with Crippen LogP contribution in [-0.2, 0) is 4.79 Å². The van der Waals surface area contributed by atoms with Gasteiger partial charge in [-0.3, -0.25) is 4.79 Å². The van der Waals surface area contributed by atoms with Crippen LogP contribution in [0.2, 0.25) is 0 Å². The molecule has 0 aliphatic heterocycles. The van der Waals surface area contributed by atoms with E-state index in [1.54, 1.807) is 27.9 Å². The van der Waals surface area contributed by atoms with Gasteiger partial charge in [-0.2, -0.15) is 0 Å². The molecule has 90 valence electrons. The molecule has 0 saturated carbocycles. The lowest BCUT2D eigenvalue weighted by Gasteiger charge is -2.27. The summed E-state index contributed by atoms with van der Waals surface area (Å²) >= 11 is 0. The molecule has 3 N–H and O–H groups in total. The number of likely N-dealkylation sites (N-methyl/N-ethyl adjacent to an activating group) is 1. The molecule has 0 spiro atoms. The molecule has 5 nitrogen and oxygen atoms in total. The number of aliphatic hydroxyl groups is 2. The molecule has 0 aromatic heterocycles. The largest absolute Gasteiger partial charge is 0.396 e. The van der Waals surface area contributed by atoms with E-state index in [9.17, 15) is 4.79 Å². The maximum absolute atomic E-state index is 11.5. The highest BCUT2D eigenvalue weighted by Gasteiger charge is 2.24. The number of nitrogens with one attached hydrogen (secondary N) is 1. The lowest BCUT2D eigenvalue weighted by atomic mass is 9.93. The summed E-state index contributed by atoms with van der Waals surface area (Å²) in [5, 5.41) is 21.1. The van der Waals surface area contributed by atoms with Gasteiger partial charge in [-0.1, -0.05) is 6.92 Å². The Labute approximate surface area is 91.1 Å². The van der Waals surface area contributed by atoms with E-state index in [0.717, 1.165) is 0 Å². The summed E-state index contributed by atoms with van der Waals surface area (Å²) in [5.74, 6) is -0.0202. The molecule has 0 aromatic carbocycles. The summed E-state index contributed by atoms with van der Waals surface area (Å²) < 4.78 is 0. The van der Waals surface area contributed by atoms with Crippen LogP contribution in [0.5, 0.6) is 0 Å². The van der Waals surface area contributed by atoms with Crippen molar-refractivity contribution in [2.45, 2.75) is 19.9 Å². The molecule has 0 saturated heterocycles. The minimum absolute atomic E-state index is 0.0202. The Hall–Kier alpha value is -0.650. The van der Waals surface area contributed by atoms with Crippen LogP contribution in [0.4, 0.5) is 0 Å². The van der Waals surface area contributed by atoms with Gasteiger partial charge < -0.3 is 20.4 Å². The fourth-order valence-corrected chi connectivity index (χ4v) is 1.04. The van der Waals surface area contributed by atoms with Crippen molar-refractivity contribution in [2.75, 3.05) is 33.9 Å². The predicted molar refractivity (Wildman–Crippen MR) is 58.4 cm³/mol. The van der Waals surface area contributed by atoms with Crippen LogP contribution in [0.15, 0.2) is 0 Å². The smallest absolute Gasteiger partial charge is 0.238 e. The summed E-state index contributed by atoms with van der Waals surface area (Å²) in [6.45, 7) is 3.70. The lowest BCUT2D eigenvalue weighted by Crippen LogP contribution is -2.47. The first-order valence-corrected chi connectivity index (χ1v) is 5.02. The van der Waals surface area contributed by atoms with E-state index in [-0.39, 0.29) is 25.2 Å². The molecule has 0 fully saturated rings. The molecule has 0 radical (unpaired) electrons. The van der Waals surface area contributed by atoms with Crippen molar-refractivity contribution >= 4 is 5.91 Å². The number of nitrogens with zero attached hydrogens (tertiary/aromatic N) is 1. The Morgan fingerprint density at radius 1 is 1.40 bits per heavy atom. The fourth-order valence-electron chi connectivity index (χ4n) is 1.04. The topological polar surface area (TPSA) is 72.8 Å². The Kier molecular flexibility index (Phi) is 5.79. The minimum atomic E-state index is -0.582. The van der Waals surface area contributed by atoms with E-state index in [4.69, 9.17) is 10.2 Å². The first-order valence-electron chi connectivity index (χ1n) is 5.02. The third kappa shape index (κ3) is 4.59. The van der Waals surface area contributed by atoms with Crippen molar-refractivity contribution in [2.24, 2.45) is 5.41 Å². The van der Waals surface area contributed by atoms with Crippen molar-refractivity contribution in [3.63, 3.8) is 0 Å². The normalized spacial score (nSPS) is 13.7. The van der Waals surface area contributed by atoms with Gasteiger partial charge in [0, 0.05) is 26.1 Å². The van der Waals surface area contributed by atoms with Gasteiger partial charge in [-0.05, 0) is 6.92 Å². The van der Waals surface area contributed by atoms with Crippen molar-refractivity contribution in [3.8, 4) is 0 Å². The molecule has 0 rings (SSSR count). The van der Waals surface area contributed by atoms with Crippen LogP contribution in [-0.4, -0.2) is 60.9 Å². The summed E-state index contributed by atoms with van der Waals surface area (Å²) in [6.07, 6.45) is 0. The molecule has 15 heavy (non-hydrogen) atoms. The number of hydrogen-bond donors (Lipinski definition) is 3. The second-order valence-electron chi connectivity index (χ2n) is 4.46. The van der Waals surface area contributed by atoms with E-state index >= 15 is 0 Å². The molecule has 0 aliphatic rings. The Morgan fingerprint density at radius 3 is 2.20 bits per heavy atom. The van der Waals surface area contributed by atoms with E-state index < -0.39 is 5.41 Å². The monoisotopic (exact) mass is 218 g/mol. The zero-order valence-corrected chi connectivity index (χ0v) is 9.95. The first kappa shape index (κ1) is 14.3. The van der Waals surface area contributed by atoms with Crippen molar-refractivity contribution in [1.29, 1.82) is 0 Å². The second-order valence-corrected chi connectivity index (χ2v) is 4.46. The number of carbonyl (C=O) groups excluding carboxylic acids is 1. The number of amides is 1. The first-order chi connectivity index (χ1) is 6.86. The van der Waals surface area contributed by atoms with Crippen LogP contribution in [0.25, 0.3) is 0 Å². The highest BCUT2D eigenvalue weighted by molar-refractivity contribution is 5.80. The maximum atomic E-state index is 11.5. The fraction of sp³-hybridized carbons (Fsp3) is 0.900. The van der Waals surface area contributed by atoms with Crippen molar-refractivity contribution in [3.05, 3.63) is 0 Å². The quantitative estimate of drug-likeness (QED) is 0.537. The van der Waals surface area contributed by atoms with E-state index in [1.807, 2.05) is 0 Å². The summed E-state index contributed by atoms with van der Waals surface area (Å²) in [5.41, 5.74) is -0.582. The number of hydrogen-bond acceptors (Lipinski definition) is 4. The van der Waals surface area contributed by atoms with Gasteiger partial charge >= 0.3 is 0 Å². The van der Waals surface area contributed by atoms with Crippen LogP contribution in [0, 0.1) is 5.41 Å². The Bertz CT molecular complexity index is 203. The second kappa shape index (κ2) is 6.05. The minimum Gasteiger partial charge on any atom is -0.396 e. The van der Waals surface area contributed by atoms with Crippen LogP contribution < -0.4 is 5.32 Å². The van der Waals surface area contributed by atoms with Gasteiger partial charge in [-0.15, -0.1) is 0 Å². The molecule has 0 bridgehead atoms. The standard InChI is InChI=1S/C10H22N2O3/c1-8(9(15)12(3)4)11-5-10(2,6-13)7-14/h8,11,13-14H,5-7H2,1-4H3. The van der Waals surface area contributed by atoms with E-state index in [1.165, 1.54) is 4.90 Å². The average Bonchev–Trinajstić information content (AvgIpc) is 2.24. The van der Waals surface area contributed by atoms with Gasteiger partial charge in [0.05, 0.1) is 19.3 Å². The van der Waals surface area contributed by atoms with Gasteiger partial charge in [0.15, 0.2) is 0 Å². The van der Waals surface area contributed by atoms with Crippen LogP contribution in [0.1, 0.15) is 13.8 Å². The van der Waals surface area contributed by atoms with Gasteiger partial charge in [0.2, 0.25) is 5.91 Å².